The van der Waals surface area contributed by atoms with Crippen LogP contribution in [-0.4, -0.2) is 36.1 Å². The van der Waals surface area contributed by atoms with Crippen molar-refractivity contribution in [2.45, 2.75) is 31.5 Å². The van der Waals surface area contributed by atoms with Crippen LogP contribution in [0.1, 0.15) is 18.4 Å². The van der Waals surface area contributed by atoms with E-state index >= 15 is 0 Å². The maximum atomic E-state index is 12.2. The minimum Gasteiger partial charge on any atom is -0.399 e. The molecule has 0 aliphatic carbocycles. The Balaban J connectivity index is 1.63. The second-order valence-electron chi connectivity index (χ2n) is 5.17. The van der Waals surface area contributed by atoms with Gasteiger partial charge in [0.2, 0.25) is 5.91 Å². The lowest BCUT2D eigenvalue weighted by Crippen LogP contribution is -2.46. The smallest absolute Gasteiger partial charge is 0.227 e. The second-order valence-corrected chi connectivity index (χ2v) is 5.17. The number of nitrogens with two attached hydrogens (primary N) is 1. The summed E-state index contributed by atoms with van der Waals surface area (Å²) in [5.41, 5.74) is 7.39. The Morgan fingerprint density at radius 2 is 1.83 bits per heavy atom. The van der Waals surface area contributed by atoms with E-state index in [0.29, 0.717) is 6.42 Å². The minimum atomic E-state index is 0.194. The van der Waals surface area contributed by atoms with Gasteiger partial charge in [-0.2, -0.15) is 0 Å². The van der Waals surface area contributed by atoms with Gasteiger partial charge in [-0.3, -0.25) is 4.79 Å². The van der Waals surface area contributed by atoms with E-state index in [9.17, 15) is 4.79 Å². The molecule has 2 saturated heterocycles. The van der Waals surface area contributed by atoms with Crippen LogP contribution >= 0.6 is 0 Å². The predicted molar refractivity (Wildman–Crippen MR) is 69.0 cm³/mol. The quantitative estimate of drug-likeness (QED) is 0.798. The molecule has 2 fully saturated rings. The molecule has 2 N–H and O–H groups in total. The van der Waals surface area contributed by atoms with E-state index in [0.717, 1.165) is 37.2 Å². The molecule has 1 aromatic carbocycles. The maximum Gasteiger partial charge on any atom is 0.227 e. The normalized spacial score (nSPS) is 26.3. The number of benzene rings is 1. The Morgan fingerprint density at radius 1 is 1.22 bits per heavy atom. The zero-order valence-electron chi connectivity index (χ0n) is 10.3. The van der Waals surface area contributed by atoms with E-state index in [1.54, 1.807) is 0 Å². The van der Waals surface area contributed by atoms with Gasteiger partial charge in [-0.15, -0.1) is 0 Å². The van der Waals surface area contributed by atoms with Gasteiger partial charge in [0.25, 0.3) is 0 Å². The predicted octanol–water partition coefficient (Wildman–Crippen LogP) is 1.20. The third-order valence-electron chi connectivity index (χ3n) is 3.73. The molecule has 96 valence electrons. The van der Waals surface area contributed by atoms with E-state index in [-0.39, 0.29) is 18.1 Å². The molecule has 2 bridgehead atoms. The molecule has 0 spiro atoms. The van der Waals surface area contributed by atoms with Crippen molar-refractivity contribution in [3.05, 3.63) is 29.8 Å². The summed E-state index contributed by atoms with van der Waals surface area (Å²) >= 11 is 0. The zero-order valence-corrected chi connectivity index (χ0v) is 10.3. The van der Waals surface area contributed by atoms with Crippen LogP contribution in [0, 0.1) is 0 Å². The van der Waals surface area contributed by atoms with Gasteiger partial charge >= 0.3 is 0 Å². The lowest BCUT2D eigenvalue weighted by Gasteiger charge is -2.32. The summed E-state index contributed by atoms with van der Waals surface area (Å²) in [6.07, 6.45) is 3.17. The first-order chi connectivity index (χ1) is 8.70. The number of hydrogen-bond acceptors (Lipinski definition) is 3. The number of morpholine rings is 1. The molecule has 2 heterocycles. The van der Waals surface area contributed by atoms with Crippen molar-refractivity contribution in [1.29, 1.82) is 0 Å². The number of carbonyl (C=O) groups excluding carboxylic acids is 1. The fourth-order valence-corrected chi connectivity index (χ4v) is 2.74. The summed E-state index contributed by atoms with van der Waals surface area (Å²) in [7, 11) is 0. The van der Waals surface area contributed by atoms with Crippen LogP contribution in [0.5, 0.6) is 0 Å². The van der Waals surface area contributed by atoms with Crippen molar-refractivity contribution in [1.82, 2.24) is 4.90 Å². The van der Waals surface area contributed by atoms with Crippen molar-refractivity contribution in [2.24, 2.45) is 0 Å². The summed E-state index contributed by atoms with van der Waals surface area (Å²) in [5, 5.41) is 0. The Morgan fingerprint density at radius 3 is 2.44 bits per heavy atom. The largest absolute Gasteiger partial charge is 0.399 e. The first-order valence-corrected chi connectivity index (χ1v) is 6.48. The topological polar surface area (TPSA) is 55.6 Å². The first kappa shape index (κ1) is 11.5. The fraction of sp³-hybridized carbons (Fsp3) is 0.500. The minimum absolute atomic E-state index is 0.194. The molecule has 2 aliphatic heterocycles. The van der Waals surface area contributed by atoms with E-state index in [4.69, 9.17) is 10.5 Å². The number of likely N-dealkylation sites (tertiary alicyclic amines) is 1. The van der Waals surface area contributed by atoms with Crippen LogP contribution in [0.3, 0.4) is 0 Å². The van der Waals surface area contributed by atoms with E-state index in [2.05, 4.69) is 0 Å². The molecular formula is C14H18N2O2. The standard InChI is InChI=1S/C14H18N2O2/c15-11-3-1-10(2-4-11)7-14(17)16-8-12-5-6-13(9-16)18-12/h1-4,12-13H,5-9,15H2. The number of ether oxygens (including phenoxy) is 1. The molecule has 2 atom stereocenters. The van der Waals surface area contributed by atoms with Crippen LogP contribution in [0.2, 0.25) is 0 Å². The lowest BCUT2D eigenvalue weighted by molar-refractivity contribution is -0.139. The van der Waals surface area contributed by atoms with Crippen LogP contribution in [-0.2, 0) is 16.0 Å². The molecule has 3 rings (SSSR count). The Hall–Kier alpha value is -1.55. The molecule has 4 nitrogen and oxygen atoms in total. The van der Waals surface area contributed by atoms with Gasteiger partial charge in [0.05, 0.1) is 18.6 Å². The van der Waals surface area contributed by atoms with Gasteiger partial charge in [-0.1, -0.05) is 12.1 Å². The molecule has 0 radical (unpaired) electrons. The number of fused-ring (bicyclic) bond motifs is 2. The number of nitrogens with zero attached hydrogens (tertiary/aromatic N) is 1. The second kappa shape index (κ2) is 4.61. The van der Waals surface area contributed by atoms with E-state index in [1.165, 1.54) is 0 Å². The molecule has 2 aliphatic rings. The molecule has 1 amide bonds. The first-order valence-electron chi connectivity index (χ1n) is 6.48. The van der Waals surface area contributed by atoms with Gasteiger partial charge in [0.15, 0.2) is 0 Å². The number of hydrogen-bond donors (Lipinski definition) is 1. The summed E-state index contributed by atoms with van der Waals surface area (Å²) in [5.74, 6) is 0.194. The third-order valence-corrected chi connectivity index (χ3v) is 3.73. The number of amides is 1. The van der Waals surface area contributed by atoms with Crippen molar-refractivity contribution >= 4 is 11.6 Å². The highest BCUT2D eigenvalue weighted by molar-refractivity contribution is 5.79. The summed E-state index contributed by atoms with van der Waals surface area (Å²) in [6.45, 7) is 1.51. The highest BCUT2D eigenvalue weighted by atomic mass is 16.5. The van der Waals surface area contributed by atoms with Crippen LogP contribution in [0.15, 0.2) is 24.3 Å². The monoisotopic (exact) mass is 246 g/mol. The molecule has 2 unspecified atom stereocenters. The number of anilines is 1. The molecular weight excluding hydrogens is 228 g/mol. The molecule has 18 heavy (non-hydrogen) atoms. The average molecular weight is 246 g/mol. The van der Waals surface area contributed by atoms with Crippen LogP contribution in [0.4, 0.5) is 5.69 Å². The van der Waals surface area contributed by atoms with E-state index in [1.807, 2.05) is 29.2 Å². The van der Waals surface area contributed by atoms with Gasteiger partial charge in [0, 0.05) is 18.8 Å². The van der Waals surface area contributed by atoms with E-state index < -0.39 is 0 Å². The van der Waals surface area contributed by atoms with Crippen LogP contribution in [0.25, 0.3) is 0 Å². The summed E-state index contributed by atoms with van der Waals surface area (Å²) < 4.78 is 5.73. The van der Waals surface area contributed by atoms with Gasteiger partial charge < -0.3 is 15.4 Å². The van der Waals surface area contributed by atoms with Crippen molar-refractivity contribution in [2.75, 3.05) is 18.8 Å². The summed E-state index contributed by atoms with van der Waals surface area (Å²) in [4.78, 5) is 14.2. The fourth-order valence-electron chi connectivity index (χ4n) is 2.74. The number of rotatable bonds is 2. The summed E-state index contributed by atoms with van der Waals surface area (Å²) in [6, 6.07) is 7.52. The van der Waals surface area contributed by atoms with Crippen molar-refractivity contribution in [3.8, 4) is 0 Å². The highest BCUT2D eigenvalue weighted by Gasteiger charge is 2.35. The maximum absolute atomic E-state index is 12.2. The van der Waals surface area contributed by atoms with Gasteiger partial charge in [-0.25, -0.2) is 0 Å². The van der Waals surface area contributed by atoms with Gasteiger partial charge in [-0.05, 0) is 30.5 Å². The molecule has 4 heteroatoms. The molecule has 0 saturated carbocycles. The highest BCUT2D eigenvalue weighted by Crippen LogP contribution is 2.26. The number of carbonyl (C=O) groups is 1. The van der Waals surface area contributed by atoms with Crippen molar-refractivity contribution in [3.63, 3.8) is 0 Å². The van der Waals surface area contributed by atoms with Crippen molar-refractivity contribution < 1.29 is 9.53 Å². The Bertz CT molecular complexity index is 432. The Labute approximate surface area is 107 Å². The zero-order chi connectivity index (χ0) is 12.5. The SMILES string of the molecule is Nc1ccc(CC(=O)N2CC3CCC(C2)O3)cc1. The Kier molecular flexibility index (Phi) is 2.96. The number of nitrogen functional groups attached to an aromatic ring is 1. The van der Waals surface area contributed by atoms with Gasteiger partial charge in [0.1, 0.15) is 0 Å². The molecule has 1 aromatic rings. The van der Waals surface area contributed by atoms with Crippen LogP contribution < -0.4 is 5.73 Å². The third kappa shape index (κ3) is 2.34. The lowest BCUT2D eigenvalue weighted by atomic mass is 10.1. The molecule has 0 aromatic heterocycles. The average Bonchev–Trinajstić information content (AvgIpc) is 2.71.